The van der Waals surface area contributed by atoms with Crippen molar-refractivity contribution in [3.05, 3.63) is 89.7 Å². The smallest absolute Gasteiger partial charge is 0.348 e. The Morgan fingerprint density at radius 3 is 2.38 bits per heavy atom. The molecule has 1 N–H and O–H groups in total. The zero-order valence-electron chi connectivity index (χ0n) is 13.6. The van der Waals surface area contributed by atoms with Crippen molar-refractivity contribution in [1.29, 1.82) is 0 Å². The van der Waals surface area contributed by atoms with Gasteiger partial charge in [0, 0.05) is 24.5 Å². The van der Waals surface area contributed by atoms with Gasteiger partial charge in [-0.1, -0.05) is 30.3 Å². The number of nitrogens with one attached hydrogen (secondary N) is 1. The summed E-state index contributed by atoms with van der Waals surface area (Å²) >= 11 is 0. The lowest BCUT2D eigenvalue weighted by Gasteiger charge is -2.10. The molecule has 0 radical (unpaired) electrons. The lowest BCUT2D eigenvalue weighted by Crippen LogP contribution is -2.23. The first-order chi connectivity index (χ1) is 12.4. The molecule has 0 saturated heterocycles. The molecule has 0 saturated carbocycles. The zero-order valence-corrected chi connectivity index (χ0v) is 13.6. The van der Waals surface area contributed by atoms with Crippen molar-refractivity contribution in [1.82, 2.24) is 10.3 Å². The molecule has 1 amide bonds. The maximum Gasteiger partial charge on any atom is 0.416 e. The van der Waals surface area contributed by atoms with Crippen molar-refractivity contribution >= 4 is 5.91 Å². The molecule has 0 atom stereocenters. The maximum atomic E-state index is 12.7. The van der Waals surface area contributed by atoms with Crippen LogP contribution in [-0.2, 0) is 12.7 Å². The predicted molar refractivity (Wildman–Crippen MR) is 92.3 cm³/mol. The molecule has 0 spiro atoms. The van der Waals surface area contributed by atoms with Gasteiger partial charge in [-0.25, -0.2) is 0 Å². The fraction of sp³-hybridized carbons (Fsp3) is 0.100. The van der Waals surface area contributed by atoms with Gasteiger partial charge in [-0.05, 0) is 47.0 Å². The Hall–Kier alpha value is -3.15. The first-order valence-corrected chi connectivity index (χ1v) is 7.88. The molecule has 3 aromatic rings. The lowest BCUT2D eigenvalue weighted by atomic mass is 10.1. The summed E-state index contributed by atoms with van der Waals surface area (Å²) in [6.07, 6.45) is -0.996. The summed E-state index contributed by atoms with van der Waals surface area (Å²) in [6, 6.07) is 15.6. The minimum atomic E-state index is -4.40. The number of alkyl halides is 3. The molecule has 3 nitrogen and oxygen atoms in total. The van der Waals surface area contributed by atoms with E-state index in [0.29, 0.717) is 11.1 Å². The zero-order chi connectivity index (χ0) is 18.6. The van der Waals surface area contributed by atoms with E-state index < -0.39 is 11.7 Å². The fourth-order valence-corrected chi connectivity index (χ4v) is 2.49. The minimum absolute atomic E-state index is 0.0209. The van der Waals surface area contributed by atoms with Crippen molar-refractivity contribution in [2.75, 3.05) is 0 Å². The third-order valence-electron chi connectivity index (χ3n) is 3.85. The molecule has 26 heavy (non-hydrogen) atoms. The number of carbonyl (C=O) groups excluding carboxylic acids is 1. The molecule has 1 aromatic heterocycles. The van der Waals surface area contributed by atoms with Crippen molar-refractivity contribution in [3.8, 4) is 11.1 Å². The maximum absolute atomic E-state index is 12.7. The van der Waals surface area contributed by atoms with Crippen LogP contribution in [0, 0.1) is 0 Å². The van der Waals surface area contributed by atoms with Crippen LogP contribution in [0.4, 0.5) is 13.2 Å². The van der Waals surface area contributed by atoms with Crippen LogP contribution in [0.3, 0.4) is 0 Å². The van der Waals surface area contributed by atoms with Crippen LogP contribution in [0.1, 0.15) is 21.5 Å². The highest BCUT2D eigenvalue weighted by molar-refractivity contribution is 5.94. The number of pyridine rings is 1. The largest absolute Gasteiger partial charge is 0.416 e. The molecule has 0 aliphatic heterocycles. The summed E-state index contributed by atoms with van der Waals surface area (Å²) in [5.41, 5.74) is 1.95. The summed E-state index contributed by atoms with van der Waals surface area (Å²) in [5.74, 6) is -0.347. The molecule has 0 unspecified atom stereocenters. The summed E-state index contributed by atoms with van der Waals surface area (Å²) in [6.45, 7) is 0.0209. The quantitative estimate of drug-likeness (QED) is 0.736. The number of nitrogens with zero attached hydrogens (tertiary/aromatic N) is 1. The number of amides is 1. The van der Waals surface area contributed by atoms with Gasteiger partial charge in [-0.15, -0.1) is 0 Å². The Labute approximate surface area is 148 Å². The van der Waals surface area contributed by atoms with Crippen molar-refractivity contribution in [2.45, 2.75) is 12.7 Å². The van der Waals surface area contributed by atoms with E-state index in [4.69, 9.17) is 0 Å². The van der Waals surface area contributed by atoms with Crippen molar-refractivity contribution < 1.29 is 18.0 Å². The van der Waals surface area contributed by atoms with E-state index in [1.807, 2.05) is 12.1 Å². The van der Waals surface area contributed by atoms with Gasteiger partial charge in [0.05, 0.1) is 5.56 Å². The van der Waals surface area contributed by atoms with Gasteiger partial charge in [0.15, 0.2) is 0 Å². The average Bonchev–Trinajstić information content (AvgIpc) is 2.66. The second-order valence-corrected chi connectivity index (χ2v) is 5.70. The van der Waals surface area contributed by atoms with Gasteiger partial charge >= 0.3 is 6.18 Å². The number of halogens is 3. The van der Waals surface area contributed by atoms with Crippen LogP contribution in [0.15, 0.2) is 73.1 Å². The van der Waals surface area contributed by atoms with Crippen molar-refractivity contribution in [3.63, 3.8) is 0 Å². The Morgan fingerprint density at radius 1 is 0.962 bits per heavy atom. The Morgan fingerprint density at radius 2 is 1.73 bits per heavy atom. The van der Waals surface area contributed by atoms with Gasteiger partial charge in [0.1, 0.15) is 0 Å². The van der Waals surface area contributed by atoms with E-state index in [1.54, 1.807) is 42.7 Å². The monoisotopic (exact) mass is 356 g/mol. The summed E-state index contributed by atoms with van der Waals surface area (Å²) < 4.78 is 38.2. The van der Waals surface area contributed by atoms with E-state index >= 15 is 0 Å². The minimum Gasteiger partial charge on any atom is -0.348 e. The number of hydrogen-bond donors (Lipinski definition) is 1. The van der Waals surface area contributed by atoms with E-state index in [9.17, 15) is 18.0 Å². The molecule has 6 heteroatoms. The number of aromatic nitrogens is 1. The van der Waals surface area contributed by atoms with E-state index in [1.165, 1.54) is 6.07 Å². The predicted octanol–water partition coefficient (Wildman–Crippen LogP) is 4.70. The molecule has 0 fully saturated rings. The van der Waals surface area contributed by atoms with E-state index in [0.717, 1.165) is 23.3 Å². The molecule has 0 bridgehead atoms. The summed E-state index contributed by atoms with van der Waals surface area (Å²) in [4.78, 5) is 16.2. The van der Waals surface area contributed by atoms with Gasteiger partial charge < -0.3 is 5.32 Å². The average molecular weight is 356 g/mol. The standard InChI is InChI=1S/C20H15F3N2O/c21-20(22,23)18-5-1-3-14(11-18)12-25-19(26)16-8-6-15(7-9-16)17-4-2-10-24-13-17/h1-11,13H,12H2,(H,25,26). The number of carbonyl (C=O) groups is 1. The van der Waals surface area contributed by atoms with Crippen LogP contribution in [0.5, 0.6) is 0 Å². The van der Waals surface area contributed by atoms with Crippen molar-refractivity contribution in [2.24, 2.45) is 0 Å². The molecular formula is C20H15F3N2O. The summed E-state index contributed by atoms with van der Waals surface area (Å²) in [5, 5.41) is 2.63. The van der Waals surface area contributed by atoms with Gasteiger partial charge in [0.25, 0.3) is 5.91 Å². The van der Waals surface area contributed by atoms with E-state index in [2.05, 4.69) is 10.3 Å². The van der Waals surface area contributed by atoms with Gasteiger partial charge in [0.2, 0.25) is 0 Å². The number of rotatable bonds is 4. The molecule has 1 heterocycles. The third kappa shape index (κ3) is 4.27. The highest BCUT2D eigenvalue weighted by atomic mass is 19.4. The van der Waals surface area contributed by atoms with Gasteiger partial charge in [-0.2, -0.15) is 13.2 Å². The molecule has 132 valence electrons. The molecular weight excluding hydrogens is 341 g/mol. The molecule has 0 aliphatic rings. The molecule has 2 aromatic carbocycles. The molecule has 3 rings (SSSR count). The molecule has 0 aliphatic carbocycles. The van der Waals surface area contributed by atoms with Crippen LogP contribution in [0.25, 0.3) is 11.1 Å². The highest BCUT2D eigenvalue weighted by Crippen LogP contribution is 2.29. The summed E-state index contributed by atoms with van der Waals surface area (Å²) in [7, 11) is 0. The Bertz CT molecular complexity index is 891. The second kappa shape index (κ2) is 7.39. The van der Waals surface area contributed by atoms with Gasteiger partial charge in [-0.3, -0.25) is 9.78 Å². The highest BCUT2D eigenvalue weighted by Gasteiger charge is 2.30. The Kier molecular flexibility index (Phi) is 5.02. The Balaban J connectivity index is 1.65. The SMILES string of the molecule is O=C(NCc1cccc(C(F)(F)F)c1)c1ccc(-c2cccnc2)cc1. The van der Waals surface area contributed by atoms with Crippen LogP contribution < -0.4 is 5.32 Å². The first-order valence-electron chi connectivity index (χ1n) is 7.88. The number of hydrogen-bond acceptors (Lipinski definition) is 2. The number of benzene rings is 2. The first kappa shape index (κ1) is 17.7. The van der Waals surface area contributed by atoms with Crippen LogP contribution >= 0.6 is 0 Å². The van der Waals surface area contributed by atoms with Crippen LogP contribution in [0.2, 0.25) is 0 Å². The lowest BCUT2D eigenvalue weighted by molar-refractivity contribution is -0.137. The fourth-order valence-electron chi connectivity index (χ4n) is 2.49. The second-order valence-electron chi connectivity index (χ2n) is 5.70. The normalized spacial score (nSPS) is 11.2. The third-order valence-corrected chi connectivity index (χ3v) is 3.85. The van der Waals surface area contributed by atoms with E-state index in [-0.39, 0.29) is 12.5 Å². The van der Waals surface area contributed by atoms with Crippen LogP contribution in [-0.4, -0.2) is 10.9 Å². The topological polar surface area (TPSA) is 42.0 Å².